The molecule has 0 aliphatic carbocycles. The van der Waals surface area contributed by atoms with Crippen LogP contribution in [0.1, 0.15) is 23.6 Å². The van der Waals surface area contributed by atoms with E-state index in [2.05, 4.69) is 4.74 Å². The first-order valence-corrected chi connectivity index (χ1v) is 9.50. The van der Waals surface area contributed by atoms with E-state index in [-0.39, 0.29) is 16.1 Å². The largest absolute Gasteiger partial charge is 0.497 e. The van der Waals surface area contributed by atoms with Crippen molar-refractivity contribution in [2.45, 2.75) is 23.5 Å². The molecule has 3 rings (SSSR count). The lowest BCUT2D eigenvalue weighted by atomic mass is 10.0. The standard InChI is InChI=1S/C18H16F3NO5S/c1-26-13-5-3-4-12(9-13)22-15(10-17(23)27-2)14-8-11(18(19,20)21)6-7-16(14)28(22,24)25/h3-9,15H,10H2,1-2H3/t15-/m0/s1. The summed E-state index contributed by atoms with van der Waals surface area (Å²) in [6, 6.07) is 7.25. The van der Waals surface area contributed by atoms with Gasteiger partial charge < -0.3 is 9.47 Å². The van der Waals surface area contributed by atoms with Gasteiger partial charge in [0.05, 0.1) is 42.8 Å². The lowest BCUT2D eigenvalue weighted by molar-refractivity contribution is -0.141. The van der Waals surface area contributed by atoms with E-state index in [1.165, 1.54) is 19.2 Å². The Morgan fingerprint density at radius 2 is 1.86 bits per heavy atom. The third kappa shape index (κ3) is 3.39. The van der Waals surface area contributed by atoms with Gasteiger partial charge in [-0.3, -0.25) is 9.10 Å². The van der Waals surface area contributed by atoms with Crippen LogP contribution in [0, 0.1) is 0 Å². The van der Waals surface area contributed by atoms with Gasteiger partial charge in [-0.05, 0) is 35.9 Å². The van der Waals surface area contributed by atoms with Crippen molar-refractivity contribution in [2.75, 3.05) is 18.5 Å². The zero-order valence-electron chi connectivity index (χ0n) is 14.9. The summed E-state index contributed by atoms with van der Waals surface area (Å²) in [6.45, 7) is 0. The van der Waals surface area contributed by atoms with Gasteiger partial charge in [0.25, 0.3) is 10.0 Å². The number of carbonyl (C=O) groups is 1. The van der Waals surface area contributed by atoms with Gasteiger partial charge in [0.2, 0.25) is 0 Å². The number of rotatable bonds is 4. The lowest BCUT2D eigenvalue weighted by Gasteiger charge is -2.25. The maximum atomic E-state index is 13.2. The van der Waals surface area contributed by atoms with Crippen LogP contribution in [0.2, 0.25) is 0 Å². The molecule has 0 saturated carbocycles. The molecule has 0 aromatic heterocycles. The van der Waals surface area contributed by atoms with Gasteiger partial charge in [0.15, 0.2) is 0 Å². The molecule has 0 N–H and O–H groups in total. The van der Waals surface area contributed by atoms with E-state index >= 15 is 0 Å². The number of methoxy groups -OCH3 is 2. The number of benzene rings is 2. The Bertz CT molecular complexity index is 1020. The first-order valence-electron chi connectivity index (χ1n) is 8.06. The third-order valence-corrected chi connectivity index (χ3v) is 6.32. The quantitative estimate of drug-likeness (QED) is 0.715. The van der Waals surface area contributed by atoms with Crippen LogP contribution in [0.25, 0.3) is 0 Å². The van der Waals surface area contributed by atoms with Crippen LogP contribution >= 0.6 is 0 Å². The van der Waals surface area contributed by atoms with Gasteiger partial charge in [0.1, 0.15) is 5.75 Å². The van der Waals surface area contributed by atoms with Crippen LogP contribution < -0.4 is 9.04 Å². The molecule has 0 radical (unpaired) electrons. The molecule has 1 heterocycles. The van der Waals surface area contributed by atoms with Crippen molar-refractivity contribution in [1.82, 2.24) is 0 Å². The lowest BCUT2D eigenvalue weighted by Crippen LogP contribution is -2.29. The molecular formula is C18H16F3NO5S. The molecule has 2 aromatic carbocycles. The smallest absolute Gasteiger partial charge is 0.416 e. The highest BCUT2D eigenvalue weighted by atomic mass is 32.2. The molecule has 1 atom stereocenters. The van der Waals surface area contributed by atoms with E-state index in [9.17, 15) is 26.4 Å². The van der Waals surface area contributed by atoms with Crippen molar-refractivity contribution in [3.05, 3.63) is 53.6 Å². The number of ether oxygens (including phenoxy) is 2. The topological polar surface area (TPSA) is 72.9 Å². The Kier molecular flexibility index (Phi) is 5.00. The van der Waals surface area contributed by atoms with Gasteiger partial charge in [-0.2, -0.15) is 13.2 Å². The summed E-state index contributed by atoms with van der Waals surface area (Å²) in [5.74, 6) is -0.394. The minimum absolute atomic E-state index is 0.108. The Morgan fingerprint density at radius 3 is 2.46 bits per heavy atom. The van der Waals surface area contributed by atoms with Gasteiger partial charge >= 0.3 is 12.1 Å². The molecular weight excluding hydrogens is 399 g/mol. The average molecular weight is 415 g/mol. The molecule has 28 heavy (non-hydrogen) atoms. The average Bonchev–Trinajstić information content (AvgIpc) is 2.87. The predicted octanol–water partition coefficient (Wildman–Crippen LogP) is 3.53. The molecule has 0 unspecified atom stereocenters. The fourth-order valence-electron chi connectivity index (χ4n) is 3.12. The molecule has 0 spiro atoms. The van der Waals surface area contributed by atoms with Gasteiger partial charge in [-0.15, -0.1) is 0 Å². The number of fused-ring (bicyclic) bond motifs is 1. The summed E-state index contributed by atoms with van der Waals surface area (Å²) >= 11 is 0. The number of sulfonamides is 1. The van der Waals surface area contributed by atoms with Crippen LogP contribution in [0.5, 0.6) is 5.75 Å². The molecule has 0 saturated heterocycles. The molecule has 1 aliphatic heterocycles. The van der Waals surface area contributed by atoms with Crippen LogP contribution in [0.15, 0.2) is 47.4 Å². The molecule has 0 bridgehead atoms. The van der Waals surface area contributed by atoms with Crippen LogP contribution in [-0.4, -0.2) is 28.6 Å². The second-order valence-electron chi connectivity index (χ2n) is 6.05. The molecule has 6 nitrogen and oxygen atoms in total. The van der Waals surface area contributed by atoms with E-state index in [0.717, 1.165) is 23.5 Å². The molecule has 150 valence electrons. The Balaban J connectivity index is 2.21. The highest BCUT2D eigenvalue weighted by Crippen LogP contribution is 2.46. The van der Waals surface area contributed by atoms with Gasteiger partial charge in [0, 0.05) is 6.07 Å². The second kappa shape index (κ2) is 7.01. The first-order chi connectivity index (χ1) is 13.1. The van der Waals surface area contributed by atoms with E-state index in [1.54, 1.807) is 12.1 Å². The number of alkyl halides is 3. The molecule has 0 fully saturated rings. The van der Waals surface area contributed by atoms with Crippen LogP contribution in [0.3, 0.4) is 0 Å². The number of nitrogens with zero attached hydrogens (tertiary/aromatic N) is 1. The maximum Gasteiger partial charge on any atom is 0.416 e. The van der Waals surface area contributed by atoms with Crippen molar-refractivity contribution in [1.29, 1.82) is 0 Å². The highest BCUT2D eigenvalue weighted by Gasteiger charge is 2.45. The van der Waals surface area contributed by atoms with E-state index in [4.69, 9.17) is 4.74 Å². The number of anilines is 1. The van der Waals surface area contributed by atoms with Crippen LogP contribution in [-0.2, 0) is 25.7 Å². The normalized spacial score (nSPS) is 17.9. The Hall–Kier alpha value is -2.75. The third-order valence-electron chi connectivity index (χ3n) is 4.41. The minimum atomic E-state index is -4.65. The summed E-state index contributed by atoms with van der Waals surface area (Å²) in [5, 5.41) is 0. The van der Waals surface area contributed by atoms with Gasteiger partial charge in [-0.25, -0.2) is 8.42 Å². The summed E-state index contributed by atoms with van der Waals surface area (Å²) in [6.07, 6.45) is -5.10. The SMILES string of the molecule is COC(=O)C[C@H]1c2cc(C(F)(F)F)ccc2S(=O)(=O)N1c1cccc(OC)c1. The molecule has 1 aliphatic rings. The van der Waals surface area contributed by atoms with Crippen LogP contribution in [0.4, 0.5) is 18.9 Å². The second-order valence-corrected chi connectivity index (χ2v) is 7.83. The number of esters is 1. The zero-order chi connectivity index (χ0) is 20.7. The summed E-state index contributed by atoms with van der Waals surface area (Å²) in [7, 11) is -1.67. The number of halogens is 3. The fraction of sp³-hybridized carbons (Fsp3) is 0.278. The number of hydrogen-bond acceptors (Lipinski definition) is 5. The Morgan fingerprint density at radius 1 is 1.14 bits per heavy atom. The number of carbonyl (C=O) groups excluding carboxylic acids is 1. The number of hydrogen-bond donors (Lipinski definition) is 0. The predicted molar refractivity (Wildman–Crippen MR) is 93.5 cm³/mol. The molecule has 10 heteroatoms. The van der Waals surface area contributed by atoms with Crippen molar-refractivity contribution in [3.8, 4) is 5.75 Å². The van der Waals surface area contributed by atoms with Crippen molar-refractivity contribution < 1.29 is 35.9 Å². The van der Waals surface area contributed by atoms with Crippen molar-refractivity contribution >= 4 is 21.7 Å². The zero-order valence-corrected chi connectivity index (χ0v) is 15.7. The van der Waals surface area contributed by atoms with Crippen molar-refractivity contribution in [2.24, 2.45) is 0 Å². The fourth-order valence-corrected chi connectivity index (χ4v) is 4.98. The van der Waals surface area contributed by atoms with Gasteiger partial charge in [-0.1, -0.05) is 6.07 Å². The highest BCUT2D eigenvalue weighted by molar-refractivity contribution is 7.93. The molecule has 0 amide bonds. The van der Waals surface area contributed by atoms with E-state index in [0.29, 0.717) is 11.8 Å². The Labute approximate surface area is 159 Å². The summed E-state index contributed by atoms with van der Waals surface area (Å²) in [4.78, 5) is 11.6. The minimum Gasteiger partial charge on any atom is -0.497 e. The maximum absolute atomic E-state index is 13.2. The summed E-state index contributed by atoms with van der Waals surface area (Å²) in [5.41, 5.74) is -0.940. The van der Waals surface area contributed by atoms with E-state index in [1.807, 2.05) is 0 Å². The van der Waals surface area contributed by atoms with Crippen molar-refractivity contribution in [3.63, 3.8) is 0 Å². The van der Waals surface area contributed by atoms with E-state index < -0.39 is 40.2 Å². The summed E-state index contributed by atoms with van der Waals surface area (Å²) < 4.78 is 76.3. The first kappa shape index (κ1) is 20.0. The molecule has 2 aromatic rings. The monoisotopic (exact) mass is 415 g/mol.